The SMILES string of the molecule is COC(C)CN1C(=O)C(C)NC1CC(C)C. The van der Waals surface area contributed by atoms with Crippen molar-refractivity contribution in [1.82, 2.24) is 10.2 Å². The van der Waals surface area contributed by atoms with Gasteiger partial charge in [-0.3, -0.25) is 10.1 Å². The van der Waals surface area contributed by atoms with Crippen molar-refractivity contribution in [1.29, 1.82) is 0 Å². The summed E-state index contributed by atoms with van der Waals surface area (Å²) in [5, 5.41) is 3.34. The zero-order chi connectivity index (χ0) is 12.3. The molecule has 4 heteroatoms. The summed E-state index contributed by atoms with van der Waals surface area (Å²) in [5.74, 6) is 0.769. The predicted molar refractivity (Wildman–Crippen MR) is 64.0 cm³/mol. The Morgan fingerprint density at radius 3 is 2.56 bits per heavy atom. The van der Waals surface area contributed by atoms with Crippen molar-refractivity contribution in [2.45, 2.75) is 52.4 Å². The highest BCUT2D eigenvalue weighted by Gasteiger charge is 2.36. The van der Waals surface area contributed by atoms with Gasteiger partial charge >= 0.3 is 0 Å². The van der Waals surface area contributed by atoms with Crippen molar-refractivity contribution in [3.63, 3.8) is 0 Å². The maximum atomic E-state index is 12.0. The normalized spacial score (nSPS) is 27.9. The molecule has 1 fully saturated rings. The summed E-state index contributed by atoms with van der Waals surface area (Å²) in [5.41, 5.74) is 0. The van der Waals surface area contributed by atoms with Gasteiger partial charge in [-0.1, -0.05) is 13.8 Å². The van der Waals surface area contributed by atoms with Crippen LogP contribution in [-0.2, 0) is 9.53 Å². The minimum Gasteiger partial charge on any atom is -0.380 e. The average molecular weight is 228 g/mol. The number of methoxy groups -OCH3 is 1. The third-order valence-electron chi connectivity index (χ3n) is 3.02. The second kappa shape index (κ2) is 5.64. The van der Waals surface area contributed by atoms with Crippen LogP contribution in [0, 0.1) is 5.92 Å². The molecule has 0 aromatic heterocycles. The Morgan fingerprint density at radius 2 is 2.06 bits per heavy atom. The van der Waals surface area contributed by atoms with E-state index in [1.54, 1.807) is 7.11 Å². The Kier molecular flexibility index (Phi) is 4.74. The van der Waals surface area contributed by atoms with E-state index >= 15 is 0 Å². The van der Waals surface area contributed by atoms with Crippen molar-refractivity contribution in [3.8, 4) is 0 Å². The largest absolute Gasteiger partial charge is 0.380 e. The van der Waals surface area contributed by atoms with Crippen molar-refractivity contribution < 1.29 is 9.53 Å². The van der Waals surface area contributed by atoms with E-state index in [1.165, 1.54) is 0 Å². The van der Waals surface area contributed by atoms with Crippen LogP contribution >= 0.6 is 0 Å². The highest BCUT2D eigenvalue weighted by Crippen LogP contribution is 2.18. The highest BCUT2D eigenvalue weighted by molar-refractivity contribution is 5.83. The summed E-state index contributed by atoms with van der Waals surface area (Å²) in [4.78, 5) is 13.9. The Balaban J connectivity index is 2.63. The smallest absolute Gasteiger partial charge is 0.240 e. The van der Waals surface area contributed by atoms with Crippen LogP contribution in [-0.4, -0.2) is 42.8 Å². The molecular weight excluding hydrogens is 204 g/mol. The van der Waals surface area contributed by atoms with Crippen LogP contribution in [0.5, 0.6) is 0 Å². The van der Waals surface area contributed by atoms with Gasteiger partial charge in [0, 0.05) is 13.7 Å². The first-order valence-electron chi connectivity index (χ1n) is 6.05. The fraction of sp³-hybridized carbons (Fsp3) is 0.917. The fourth-order valence-electron chi connectivity index (χ4n) is 2.06. The molecule has 1 heterocycles. The topological polar surface area (TPSA) is 41.6 Å². The zero-order valence-electron chi connectivity index (χ0n) is 11.0. The lowest BCUT2D eigenvalue weighted by Gasteiger charge is -2.27. The van der Waals surface area contributed by atoms with Crippen LogP contribution in [0.3, 0.4) is 0 Å². The van der Waals surface area contributed by atoms with Crippen molar-refractivity contribution in [2.24, 2.45) is 5.92 Å². The quantitative estimate of drug-likeness (QED) is 0.769. The fourth-order valence-corrected chi connectivity index (χ4v) is 2.06. The third kappa shape index (κ3) is 3.19. The lowest BCUT2D eigenvalue weighted by atomic mass is 10.1. The molecule has 0 bridgehead atoms. The van der Waals surface area contributed by atoms with E-state index < -0.39 is 0 Å². The van der Waals surface area contributed by atoms with E-state index in [4.69, 9.17) is 4.74 Å². The zero-order valence-corrected chi connectivity index (χ0v) is 11.0. The highest BCUT2D eigenvalue weighted by atomic mass is 16.5. The number of hydrogen-bond donors (Lipinski definition) is 1. The number of nitrogens with one attached hydrogen (secondary N) is 1. The van der Waals surface area contributed by atoms with Crippen molar-refractivity contribution in [2.75, 3.05) is 13.7 Å². The number of carbonyl (C=O) groups is 1. The van der Waals surface area contributed by atoms with E-state index in [9.17, 15) is 4.79 Å². The molecule has 4 nitrogen and oxygen atoms in total. The minimum absolute atomic E-state index is 0.0622. The molecule has 1 aliphatic heterocycles. The summed E-state index contributed by atoms with van der Waals surface area (Å²) < 4.78 is 5.23. The second-order valence-corrected chi connectivity index (χ2v) is 5.07. The van der Waals surface area contributed by atoms with E-state index in [2.05, 4.69) is 19.2 Å². The monoisotopic (exact) mass is 228 g/mol. The molecular formula is C12H24N2O2. The second-order valence-electron chi connectivity index (χ2n) is 5.07. The minimum atomic E-state index is -0.0622. The average Bonchev–Trinajstić information content (AvgIpc) is 2.45. The van der Waals surface area contributed by atoms with Crippen LogP contribution in [0.1, 0.15) is 34.1 Å². The van der Waals surface area contributed by atoms with Gasteiger partial charge in [0.2, 0.25) is 5.91 Å². The number of rotatable bonds is 5. The van der Waals surface area contributed by atoms with Crippen LogP contribution in [0.15, 0.2) is 0 Å². The Labute approximate surface area is 98.3 Å². The van der Waals surface area contributed by atoms with Gasteiger partial charge in [0.25, 0.3) is 0 Å². The molecule has 0 radical (unpaired) electrons. The van der Waals surface area contributed by atoms with E-state index in [0.29, 0.717) is 12.5 Å². The lowest BCUT2D eigenvalue weighted by Crippen LogP contribution is -2.42. The number of amides is 1. The Bertz CT molecular complexity index is 243. The van der Waals surface area contributed by atoms with Crippen LogP contribution in [0.25, 0.3) is 0 Å². The van der Waals surface area contributed by atoms with Gasteiger partial charge in [-0.15, -0.1) is 0 Å². The molecule has 0 saturated carbocycles. The standard InChI is InChI=1S/C12H24N2O2/c1-8(2)6-11-13-10(4)12(15)14(11)7-9(3)16-5/h8-11,13H,6-7H2,1-5H3. The van der Waals surface area contributed by atoms with Gasteiger partial charge in [-0.25, -0.2) is 0 Å². The Hall–Kier alpha value is -0.610. The van der Waals surface area contributed by atoms with Gasteiger partial charge in [0.15, 0.2) is 0 Å². The molecule has 0 aromatic rings. The molecule has 3 unspecified atom stereocenters. The van der Waals surface area contributed by atoms with Crippen LogP contribution in [0.4, 0.5) is 0 Å². The van der Waals surface area contributed by atoms with Gasteiger partial charge < -0.3 is 9.64 Å². The Morgan fingerprint density at radius 1 is 1.44 bits per heavy atom. The summed E-state index contributed by atoms with van der Waals surface area (Å²) in [6.45, 7) is 8.93. The van der Waals surface area contributed by atoms with E-state index in [1.807, 2.05) is 18.7 Å². The summed E-state index contributed by atoms with van der Waals surface area (Å²) in [6, 6.07) is -0.0622. The van der Waals surface area contributed by atoms with Gasteiger partial charge in [0.1, 0.15) is 0 Å². The van der Waals surface area contributed by atoms with Gasteiger partial charge in [0.05, 0.1) is 18.3 Å². The maximum Gasteiger partial charge on any atom is 0.240 e. The van der Waals surface area contributed by atoms with E-state index in [-0.39, 0.29) is 24.2 Å². The van der Waals surface area contributed by atoms with Crippen LogP contribution < -0.4 is 5.32 Å². The number of ether oxygens (including phenoxy) is 1. The molecule has 0 aliphatic carbocycles. The first-order chi connectivity index (χ1) is 7.45. The van der Waals surface area contributed by atoms with E-state index in [0.717, 1.165) is 6.42 Å². The lowest BCUT2D eigenvalue weighted by molar-refractivity contribution is -0.131. The van der Waals surface area contributed by atoms with Crippen molar-refractivity contribution >= 4 is 5.91 Å². The van der Waals surface area contributed by atoms with Crippen molar-refractivity contribution in [3.05, 3.63) is 0 Å². The molecule has 1 amide bonds. The number of nitrogens with zero attached hydrogens (tertiary/aromatic N) is 1. The molecule has 0 aromatic carbocycles. The number of hydrogen-bond acceptors (Lipinski definition) is 3. The predicted octanol–water partition coefficient (Wildman–Crippen LogP) is 1.21. The molecule has 16 heavy (non-hydrogen) atoms. The van der Waals surface area contributed by atoms with Crippen LogP contribution in [0.2, 0.25) is 0 Å². The molecule has 94 valence electrons. The van der Waals surface area contributed by atoms with Gasteiger partial charge in [-0.2, -0.15) is 0 Å². The summed E-state index contributed by atoms with van der Waals surface area (Å²) in [7, 11) is 1.68. The molecule has 1 aliphatic rings. The molecule has 3 atom stereocenters. The summed E-state index contributed by atoms with van der Waals surface area (Å²) in [6.07, 6.45) is 1.25. The van der Waals surface area contributed by atoms with Gasteiger partial charge in [-0.05, 0) is 26.2 Å². The third-order valence-corrected chi connectivity index (χ3v) is 3.02. The molecule has 0 spiro atoms. The molecule has 1 saturated heterocycles. The first kappa shape index (κ1) is 13.5. The number of carbonyl (C=O) groups excluding carboxylic acids is 1. The molecule has 1 N–H and O–H groups in total. The summed E-state index contributed by atoms with van der Waals surface area (Å²) >= 11 is 0. The molecule has 1 rings (SSSR count). The maximum absolute atomic E-state index is 12.0. The first-order valence-corrected chi connectivity index (χ1v) is 6.05.